The van der Waals surface area contributed by atoms with Crippen LogP contribution in [0.3, 0.4) is 0 Å². The molecule has 0 bridgehead atoms. The van der Waals surface area contributed by atoms with E-state index in [2.05, 4.69) is 21.2 Å². The van der Waals surface area contributed by atoms with Crippen molar-refractivity contribution in [2.75, 3.05) is 5.32 Å². The quantitative estimate of drug-likeness (QED) is 0.490. The standard InChI is InChI=1S/C19H21N5OS/c1-12-7-6-9-14(13(12)2)21-19(26)23-22-18(25)11-17-20-15-8-4-5-10-16(15)24(17)3/h4-10H,11H2,1-3H3,(H,22,25)(H2,21,23,26). The number of para-hydroxylation sites is 2. The zero-order valence-electron chi connectivity index (χ0n) is 15.0. The zero-order chi connectivity index (χ0) is 18.7. The average molecular weight is 367 g/mol. The summed E-state index contributed by atoms with van der Waals surface area (Å²) < 4.78 is 1.92. The fourth-order valence-corrected chi connectivity index (χ4v) is 2.87. The summed E-state index contributed by atoms with van der Waals surface area (Å²) in [4.78, 5) is 16.7. The van der Waals surface area contributed by atoms with Crippen molar-refractivity contribution in [3.63, 3.8) is 0 Å². The number of nitrogens with one attached hydrogen (secondary N) is 3. The largest absolute Gasteiger partial charge is 0.331 e. The molecule has 0 spiro atoms. The van der Waals surface area contributed by atoms with Gasteiger partial charge in [0.05, 0.1) is 17.5 Å². The van der Waals surface area contributed by atoms with E-state index in [1.54, 1.807) is 0 Å². The Kier molecular flexibility index (Phi) is 5.18. The van der Waals surface area contributed by atoms with Crippen LogP contribution in [0.25, 0.3) is 11.0 Å². The number of rotatable bonds is 3. The van der Waals surface area contributed by atoms with E-state index in [9.17, 15) is 4.79 Å². The first-order valence-electron chi connectivity index (χ1n) is 8.28. The van der Waals surface area contributed by atoms with E-state index in [0.29, 0.717) is 10.9 Å². The first-order chi connectivity index (χ1) is 12.5. The van der Waals surface area contributed by atoms with Crippen LogP contribution in [0.2, 0.25) is 0 Å². The molecule has 26 heavy (non-hydrogen) atoms. The molecule has 0 radical (unpaired) electrons. The van der Waals surface area contributed by atoms with Crippen LogP contribution < -0.4 is 16.2 Å². The summed E-state index contributed by atoms with van der Waals surface area (Å²) in [5, 5.41) is 3.42. The van der Waals surface area contributed by atoms with Crippen LogP contribution in [0.4, 0.5) is 5.69 Å². The van der Waals surface area contributed by atoms with Crippen molar-refractivity contribution < 1.29 is 4.79 Å². The first-order valence-corrected chi connectivity index (χ1v) is 8.69. The second kappa shape index (κ2) is 7.53. The third kappa shape index (κ3) is 3.83. The molecular weight excluding hydrogens is 346 g/mol. The molecule has 1 amide bonds. The number of imidazole rings is 1. The van der Waals surface area contributed by atoms with Crippen LogP contribution >= 0.6 is 12.2 Å². The number of thiocarbonyl (C=S) groups is 1. The normalized spacial score (nSPS) is 10.6. The number of hydrogen-bond acceptors (Lipinski definition) is 3. The fourth-order valence-electron chi connectivity index (χ4n) is 2.71. The molecule has 1 aromatic heterocycles. The van der Waals surface area contributed by atoms with Gasteiger partial charge in [0, 0.05) is 12.7 Å². The molecule has 0 saturated heterocycles. The highest BCUT2D eigenvalue weighted by Gasteiger charge is 2.12. The summed E-state index contributed by atoms with van der Waals surface area (Å²) in [6, 6.07) is 13.7. The highest BCUT2D eigenvalue weighted by Crippen LogP contribution is 2.17. The average Bonchev–Trinajstić information content (AvgIpc) is 2.93. The number of fused-ring (bicyclic) bond motifs is 1. The lowest BCUT2D eigenvalue weighted by atomic mass is 10.1. The van der Waals surface area contributed by atoms with E-state index in [-0.39, 0.29) is 12.3 Å². The van der Waals surface area contributed by atoms with Gasteiger partial charge >= 0.3 is 0 Å². The monoisotopic (exact) mass is 367 g/mol. The van der Waals surface area contributed by atoms with E-state index < -0.39 is 0 Å². The number of aromatic nitrogens is 2. The van der Waals surface area contributed by atoms with Crippen LogP contribution in [0, 0.1) is 13.8 Å². The van der Waals surface area contributed by atoms with Gasteiger partial charge in [0.2, 0.25) is 5.91 Å². The van der Waals surface area contributed by atoms with Gasteiger partial charge < -0.3 is 9.88 Å². The molecule has 3 rings (SSSR count). The molecular formula is C19H21N5OS. The summed E-state index contributed by atoms with van der Waals surface area (Å²) in [7, 11) is 1.90. The number of hydrogen-bond donors (Lipinski definition) is 3. The lowest BCUT2D eigenvalue weighted by Gasteiger charge is -2.14. The Labute approximate surface area is 157 Å². The Hall–Kier alpha value is -2.93. The number of benzene rings is 2. The van der Waals surface area contributed by atoms with E-state index in [4.69, 9.17) is 12.2 Å². The molecule has 134 valence electrons. The smallest absolute Gasteiger partial charge is 0.245 e. The van der Waals surface area contributed by atoms with Crippen molar-refractivity contribution in [1.82, 2.24) is 20.4 Å². The lowest BCUT2D eigenvalue weighted by Crippen LogP contribution is -2.44. The second-order valence-electron chi connectivity index (χ2n) is 6.13. The maximum atomic E-state index is 12.2. The topological polar surface area (TPSA) is 71.0 Å². The predicted octanol–water partition coefficient (Wildman–Crippen LogP) is 2.75. The Balaban J connectivity index is 1.57. The second-order valence-corrected chi connectivity index (χ2v) is 6.54. The zero-order valence-corrected chi connectivity index (χ0v) is 15.8. The van der Waals surface area contributed by atoms with Crippen LogP contribution in [-0.4, -0.2) is 20.6 Å². The fraction of sp³-hybridized carbons (Fsp3) is 0.211. The van der Waals surface area contributed by atoms with Crippen molar-refractivity contribution >= 4 is 40.0 Å². The molecule has 0 unspecified atom stereocenters. The van der Waals surface area contributed by atoms with Crippen molar-refractivity contribution in [1.29, 1.82) is 0 Å². The summed E-state index contributed by atoms with van der Waals surface area (Å²) in [6.45, 7) is 4.06. The van der Waals surface area contributed by atoms with Gasteiger partial charge in [0.25, 0.3) is 0 Å². The molecule has 0 aliphatic heterocycles. The third-order valence-electron chi connectivity index (χ3n) is 4.37. The minimum Gasteiger partial charge on any atom is -0.331 e. The molecule has 7 heteroatoms. The molecule has 0 atom stereocenters. The molecule has 0 aliphatic carbocycles. The summed E-state index contributed by atoms with van der Waals surface area (Å²) in [5.41, 5.74) is 10.4. The van der Waals surface area contributed by atoms with Crippen LogP contribution in [-0.2, 0) is 18.3 Å². The van der Waals surface area contributed by atoms with Gasteiger partial charge in [-0.25, -0.2) is 4.98 Å². The van der Waals surface area contributed by atoms with Crippen LogP contribution in [0.5, 0.6) is 0 Å². The predicted molar refractivity (Wildman–Crippen MR) is 108 cm³/mol. The number of hydrazine groups is 1. The third-order valence-corrected chi connectivity index (χ3v) is 4.57. The first kappa shape index (κ1) is 17.9. The molecule has 0 fully saturated rings. The molecule has 0 aliphatic rings. The Morgan fingerprint density at radius 2 is 1.88 bits per heavy atom. The molecule has 3 aromatic rings. The van der Waals surface area contributed by atoms with Gasteiger partial charge in [-0.2, -0.15) is 0 Å². The van der Waals surface area contributed by atoms with E-state index in [1.165, 1.54) is 5.56 Å². The highest BCUT2D eigenvalue weighted by atomic mass is 32.1. The molecule has 2 aromatic carbocycles. The minimum absolute atomic E-state index is 0.157. The Morgan fingerprint density at radius 1 is 1.12 bits per heavy atom. The minimum atomic E-state index is -0.214. The number of nitrogens with zero attached hydrogens (tertiary/aromatic N) is 2. The Morgan fingerprint density at radius 3 is 2.65 bits per heavy atom. The van der Waals surface area contributed by atoms with Gasteiger partial charge in [-0.3, -0.25) is 15.6 Å². The Bertz CT molecular complexity index is 979. The van der Waals surface area contributed by atoms with Crippen molar-refractivity contribution in [2.45, 2.75) is 20.3 Å². The van der Waals surface area contributed by atoms with E-state index >= 15 is 0 Å². The number of aryl methyl sites for hydroxylation is 2. The van der Waals surface area contributed by atoms with Gasteiger partial charge in [0.1, 0.15) is 5.82 Å². The van der Waals surface area contributed by atoms with Gasteiger partial charge in [-0.15, -0.1) is 0 Å². The SMILES string of the molecule is Cc1cccc(NC(=S)NNC(=O)Cc2nc3ccccc3n2C)c1C. The van der Waals surface area contributed by atoms with Crippen molar-refractivity contribution in [3.05, 3.63) is 59.4 Å². The van der Waals surface area contributed by atoms with Crippen molar-refractivity contribution in [3.8, 4) is 0 Å². The van der Waals surface area contributed by atoms with Crippen LogP contribution in [0.1, 0.15) is 17.0 Å². The summed E-state index contributed by atoms with van der Waals surface area (Å²) in [5.74, 6) is 0.479. The van der Waals surface area contributed by atoms with Crippen molar-refractivity contribution in [2.24, 2.45) is 7.05 Å². The number of carbonyl (C=O) groups excluding carboxylic acids is 1. The molecule has 0 saturated carbocycles. The highest BCUT2D eigenvalue weighted by molar-refractivity contribution is 7.80. The molecule has 6 nitrogen and oxygen atoms in total. The van der Waals surface area contributed by atoms with E-state index in [0.717, 1.165) is 22.3 Å². The summed E-state index contributed by atoms with van der Waals surface area (Å²) in [6.07, 6.45) is 0.157. The maximum Gasteiger partial charge on any atom is 0.245 e. The molecule has 3 N–H and O–H groups in total. The van der Waals surface area contributed by atoms with Gasteiger partial charge in [-0.05, 0) is 55.4 Å². The van der Waals surface area contributed by atoms with E-state index in [1.807, 2.05) is 67.9 Å². The number of carbonyl (C=O) groups is 1. The number of amides is 1. The number of anilines is 1. The van der Waals surface area contributed by atoms with Gasteiger partial charge in [-0.1, -0.05) is 24.3 Å². The van der Waals surface area contributed by atoms with Crippen LogP contribution in [0.15, 0.2) is 42.5 Å². The molecule has 1 heterocycles. The van der Waals surface area contributed by atoms with Gasteiger partial charge in [0.15, 0.2) is 5.11 Å². The lowest BCUT2D eigenvalue weighted by molar-refractivity contribution is -0.121. The maximum absolute atomic E-state index is 12.2. The summed E-state index contributed by atoms with van der Waals surface area (Å²) >= 11 is 5.24.